The highest BCUT2D eigenvalue weighted by molar-refractivity contribution is 5.94. The Morgan fingerprint density at radius 3 is 2.32 bits per heavy atom. The lowest BCUT2D eigenvalue weighted by Crippen LogP contribution is -2.24. The number of para-hydroxylation sites is 1. The predicted molar refractivity (Wildman–Crippen MR) is 77.3 cm³/mol. The minimum atomic E-state index is -0.215. The van der Waals surface area contributed by atoms with Crippen LogP contribution in [0.15, 0.2) is 35.3 Å². The Morgan fingerprint density at radius 2 is 1.79 bits per heavy atom. The summed E-state index contributed by atoms with van der Waals surface area (Å²) >= 11 is 0. The molecule has 98 valence electrons. The summed E-state index contributed by atoms with van der Waals surface area (Å²) in [6.07, 6.45) is 1.65. The molecule has 0 radical (unpaired) electrons. The molecule has 4 heteroatoms. The lowest BCUT2D eigenvalue weighted by atomic mass is 10.1. The summed E-state index contributed by atoms with van der Waals surface area (Å²) < 4.78 is 1.92. The predicted octanol–water partition coefficient (Wildman–Crippen LogP) is 2.05. The normalized spacial score (nSPS) is 10.5. The minimum absolute atomic E-state index is 0.204. The summed E-state index contributed by atoms with van der Waals surface area (Å²) in [5.41, 5.74) is 9.55. The second-order valence-corrected chi connectivity index (χ2v) is 4.72. The Labute approximate surface area is 112 Å². The molecule has 0 atom stereocenters. The van der Waals surface area contributed by atoms with Gasteiger partial charge in [0.1, 0.15) is 5.84 Å². The molecule has 3 N–H and O–H groups in total. The number of pyridine rings is 1. The molecule has 0 aliphatic heterocycles. The fourth-order valence-electron chi connectivity index (χ4n) is 2.26. The molecule has 2 aromatic rings. The van der Waals surface area contributed by atoms with Crippen LogP contribution in [0.3, 0.4) is 0 Å². The van der Waals surface area contributed by atoms with E-state index in [1.165, 1.54) is 6.07 Å². The van der Waals surface area contributed by atoms with Gasteiger partial charge in [-0.3, -0.25) is 10.2 Å². The molecule has 19 heavy (non-hydrogen) atoms. The molecule has 0 amide bonds. The average Bonchev–Trinajstić information content (AvgIpc) is 2.30. The molecule has 1 aromatic carbocycles. The van der Waals surface area contributed by atoms with Gasteiger partial charge in [-0.15, -0.1) is 0 Å². The zero-order valence-electron chi connectivity index (χ0n) is 11.3. The summed E-state index contributed by atoms with van der Waals surface area (Å²) in [7, 11) is 0. The van der Waals surface area contributed by atoms with Gasteiger partial charge in [0.25, 0.3) is 0 Å². The van der Waals surface area contributed by atoms with Gasteiger partial charge < -0.3 is 10.3 Å². The van der Waals surface area contributed by atoms with Gasteiger partial charge in [0.15, 0.2) is 5.43 Å². The average molecular weight is 255 g/mol. The number of hydrogen-bond acceptors (Lipinski definition) is 2. The quantitative estimate of drug-likeness (QED) is 0.636. The molecular formula is C15H17N3O. The third-order valence-corrected chi connectivity index (χ3v) is 3.21. The maximum Gasteiger partial charge on any atom is 0.192 e. The summed E-state index contributed by atoms with van der Waals surface area (Å²) in [6.45, 7) is 5.91. The summed E-state index contributed by atoms with van der Waals surface area (Å²) in [6, 6.07) is 7.56. The second kappa shape index (κ2) is 4.72. The van der Waals surface area contributed by atoms with E-state index >= 15 is 0 Å². The number of aryl methyl sites for hydroxylation is 3. The molecule has 0 unspecified atom stereocenters. The summed E-state index contributed by atoms with van der Waals surface area (Å²) in [4.78, 5) is 11.8. The largest absolute Gasteiger partial charge is 0.384 e. The first-order valence-electron chi connectivity index (χ1n) is 6.06. The van der Waals surface area contributed by atoms with Gasteiger partial charge in [0, 0.05) is 18.0 Å². The Morgan fingerprint density at radius 1 is 1.21 bits per heavy atom. The van der Waals surface area contributed by atoms with Crippen molar-refractivity contribution in [2.45, 2.75) is 20.8 Å². The number of nitrogens with zero attached hydrogens (tertiary/aromatic N) is 1. The maximum absolute atomic E-state index is 11.8. The van der Waals surface area contributed by atoms with Crippen molar-refractivity contribution in [2.24, 2.45) is 5.73 Å². The molecule has 0 saturated carbocycles. The van der Waals surface area contributed by atoms with Gasteiger partial charge in [-0.25, -0.2) is 0 Å². The van der Waals surface area contributed by atoms with E-state index in [2.05, 4.69) is 0 Å². The van der Waals surface area contributed by atoms with Crippen molar-refractivity contribution in [1.82, 2.24) is 4.57 Å². The zero-order valence-corrected chi connectivity index (χ0v) is 11.3. The molecule has 2 rings (SSSR count). The van der Waals surface area contributed by atoms with Crippen LogP contribution in [0.25, 0.3) is 5.69 Å². The molecule has 0 bridgehead atoms. The molecule has 0 saturated heterocycles. The first kappa shape index (κ1) is 13.1. The Hall–Kier alpha value is -2.36. The number of amidine groups is 1. The third kappa shape index (κ3) is 2.29. The van der Waals surface area contributed by atoms with E-state index < -0.39 is 0 Å². The van der Waals surface area contributed by atoms with Gasteiger partial charge in [0.2, 0.25) is 0 Å². The van der Waals surface area contributed by atoms with Crippen molar-refractivity contribution < 1.29 is 0 Å². The van der Waals surface area contributed by atoms with E-state index in [9.17, 15) is 4.79 Å². The Balaban J connectivity index is 2.80. The first-order valence-corrected chi connectivity index (χ1v) is 6.06. The van der Waals surface area contributed by atoms with Crippen LogP contribution in [0.4, 0.5) is 0 Å². The highest BCUT2D eigenvalue weighted by Crippen LogP contribution is 2.20. The standard InChI is InChI=1S/C15H17N3O/c1-9-5-4-6-10(2)14(9)18-8-12(15(16)17)13(19)7-11(18)3/h4-8H,1-3H3,(H3,16,17). The van der Waals surface area contributed by atoms with Gasteiger partial charge in [0.05, 0.1) is 11.3 Å². The van der Waals surface area contributed by atoms with Gasteiger partial charge in [-0.2, -0.15) is 0 Å². The second-order valence-electron chi connectivity index (χ2n) is 4.72. The Bertz CT molecular complexity index is 694. The number of nitrogen functional groups attached to an aromatic ring is 1. The van der Waals surface area contributed by atoms with Crippen LogP contribution < -0.4 is 11.2 Å². The Kier molecular flexibility index (Phi) is 3.25. The molecule has 1 heterocycles. The van der Waals surface area contributed by atoms with Crippen molar-refractivity contribution in [1.29, 1.82) is 5.41 Å². The monoisotopic (exact) mass is 255 g/mol. The number of rotatable bonds is 2. The van der Waals surface area contributed by atoms with E-state index in [1.807, 2.05) is 43.5 Å². The molecule has 1 aromatic heterocycles. The lowest BCUT2D eigenvalue weighted by Gasteiger charge is -2.17. The van der Waals surface area contributed by atoms with E-state index in [0.29, 0.717) is 0 Å². The van der Waals surface area contributed by atoms with Crippen LogP contribution >= 0.6 is 0 Å². The highest BCUT2D eigenvalue weighted by atomic mass is 16.1. The number of aromatic nitrogens is 1. The van der Waals surface area contributed by atoms with Crippen LogP contribution in [0.2, 0.25) is 0 Å². The SMILES string of the molecule is Cc1cccc(C)c1-n1cc(C(=N)N)c(=O)cc1C. The van der Waals surface area contributed by atoms with Crippen molar-refractivity contribution in [2.75, 3.05) is 0 Å². The van der Waals surface area contributed by atoms with Crippen LogP contribution in [0, 0.1) is 26.2 Å². The third-order valence-electron chi connectivity index (χ3n) is 3.21. The van der Waals surface area contributed by atoms with Gasteiger partial charge in [-0.1, -0.05) is 18.2 Å². The number of nitrogens with two attached hydrogens (primary N) is 1. The molecule has 0 fully saturated rings. The minimum Gasteiger partial charge on any atom is -0.384 e. The number of nitrogens with one attached hydrogen (secondary N) is 1. The fraction of sp³-hybridized carbons (Fsp3) is 0.200. The fourth-order valence-corrected chi connectivity index (χ4v) is 2.26. The smallest absolute Gasteiger partial charge is 0.192 e. The van der Waals surface area contributed by atoms with Crippen molar-refractivity contribution in [3.8, 4) is 5.69 Å². The van der Waals surface area contributed by atoms with Crippen LogP contribution in [0.1, 0.15) is 22.4 Å². The van der Waals surface area contributed by atoms with Crippen molar-refractivity contribution in [3.05, 3.63) is 63.1 Å². The molecule has 0 spiro atoms. The highest BCUT2D eigenvalue weighted by Gasteiger charge is 2.10. The molecular weight excluding hydrogens is 238 g/mol. The van der Waals surface area contributed by atoms with Crippen molar-refractivity contribution >= 4 is 5.84 Å². The van der Waals surface area contributed by atoms with Crippen LogP contribution in [-0.4, -0.2) is 10.4 Å². The zero-order chi connectivity index (χ0) is 14.2. The maximum atomic E-state index is 11.8. The van der Waals surface area contributed by atoms with E-state index in [4.69, 9.17) is 11.1 Å². The number of benzene rings is 1. The van der Waals surface area contributed by atoms with Crippen LogP contribution in [0.5, 0.6) is 0 Å². The van der Waals surface area contributed by atoms with Gasteiger partial charge in [-0.05, 0) is 31.9 Å². The van der Waals surface area contributed by atoms with E-state index in [-0.39, 0.29) is 16.8 Å². The number of hydrogen-bond donors (Lipinski definition) is 2. The van der Waals surface area contributed by atoms with Gasteiger partial charge >= 0.3 is 0 Å². The first-order chi connectivity index (χ1) is 8.91. The topological polar surface area (TPSA) is 71.9 Å². The summed E-state index contributed by atoms with van der Waals surface area (Å²) in [5, 5.41) is 7.48. The van der Waals surface area contributed by atoms with E-state index in [0.717, 1.165) is 22.5 Å². The molecule has 0 aliphatic carbocycles. The van der Waals surface area contributed by atoms with E-state index in [1.54, 1.807) is 6.20 Å². The van der Waals surface area contributed by atoms with Crippen LogP contribution in [-0.2, 0) is 0 Å². The molecule has 0 aliphatic rings. The summed E-state index contributed by atoms with van der Waals surface area (Å²) in [5.74, 6) is -0.204. The van der Waals surface area contributed by atoms with Crippen molar-refractivity contribution in [3.63, 3.8) is 0 Å². The lowest BCUT2D eigenvalue weighted by molar-refractivity contribution is 0.947. The molecule has 4 nitrogen and oxygen atoms in total.